The van der Waals surface area contributed by atoms with Gasteiger partial charge in [0.1, 0.15) is 0 Å². The first-order valence-corrected chi connectivity index (χ1v) is 9.84. The molecule has 3 rings (SSSR count). The van der Waals surface area contributed by atoms with Crippen molar-refractivity contribution in [1.29, 1.82) is 0 Å². The molecule has 0 saturated heterocycles. The van der Waals surface area contributed by atoms with Gasteiger partial charge in [0.05, 0.1) is 11.3 Å². The summed E-state index contributed by atoms with van der Waals surface area (Å²) in [6.45, 7) is 1.38. The predicted molar refractivity (Wildman–Crippen MR) is 115 cm³/mol. The van der Waals surface area contributed by atoms with Crippen LogP contribution in [0.1, 0.15) is 27.9 Å². The topological polar surface area (TPSA) is 54.0 Å². The van der Waals surface area contributed by atoms with Crippen LogP contribution in [0.5, 0.6) is 0 Å². The first-order chi connectivity index (χ1) is 13.7. The molecule has 3 aromatic rings. The molecule has 0 saturated carbocycles. The number of carbonyl (C=O) groups excluding carboxylic acids is 1. The van der Waals surface area contributed by atoms with Crippen molar-refractivity contribution >= 4 is 23.2 Å². The van der Waals surface area contributed by atoms with E-state index in [1.807, 2.05) is 36.4 Å². The van der Waals surface area contributed by atoms with Gasteiger partial charge in [-0.25, -0.2) is 0 Å². The van der Waals surface area contributed by atoms with E-state index >= 15 is 0 Å². The molecule has 0 radical (unpaired) electrons. The van der Waals surface area contributed by atoms with E-state index < -0.39 is 0 Å². The minimum Gasteiger partial charge on any atom is -0.384 e. The van der Waals surface area contributed by atoms with Crippen molar-refractivity contribution in [3.05, 3.63) is 94.8 Å². The standard InChI is InChI=1S/C23H24ClN3O/c24-21-10-4-8-19(14-21)11-13-27-23(28)20-15-22(17-25-16-20)26-12-5-9-18-6-2-1-3-7-18/h1-4,6-8,10,14-17,26H,5,9,11-13H2,(H,27,28). The summed E-state index contributed by atoms with van der Waals surface area (Å²) in [5, 5.41) is 6.98. The van der Waals surface area contributed by atoms with Crippen LogP contribution in [0, 0.1) is 0 Å². The number of benzene rings is 2. The average Bonchev–Trinajstić information content (AvgIpc) is 2.72. The number of carbonyl (C=O) groups is 1. The van der Waals surface area contributed by atoms with Gasteiger partial charge >= 0.3 is 0 Å². The number of anilines is 1. The largest absolute Gasteiger partial charge is 0.384 e. The number of hydrogen-bond donors (Lipinski definition) is 2. The van der Waals surface area contributed by atoms with Crippen LogP contribution in [0.2, 0.25) is 5.02 Å². The van der Waals surface area contributed by atoms with Crippen LogP contribution >= 0.6 is 11.6 Å². The van der Waals surface area contributed by atoms with Gasteiger partial charge < -0.3 is 10.6 Å². The lowest BCUT2D eigenvalue weighted by Gasteiger charge is -2.09. The van der Waals surface area contributed by atoms with Crippen LogP contribution in [0.25, 0.3) is 0 Å². The summed E-state index contributed by atoms with van der Waals surface area (Å²) in [7, 11) is 0. The summed E-state index contributed by atoms with van der Waals surface area (Å²) >= 11 is 5.98. The number of amides is 1. The quantitative estimate of drug-likeness (QED) is 0.516. The van der Waals surface area contributed by atoms with Crippen LogP contribution in [0.3, 0.4) is 0 Å². The monoisotopic (exact) mass is 393 g/mol. The number of aryl methyl sites for hydroxylation is 1. The van der Waals surface area contributed by atoms with E-state index in [2.05, 4.69) is 39.9 Å². The third-order valence-corrected chi connectivity index (χ3v) is 4.64. The van der Waals surface area contributed by atoms with Crippen LogP contribution in [-0.4, -0.2) is 24.0 Å². The van der Waals surface area contributed by atoms with Gasteiger partial charge in [-0.15, -0.1) is 0 Å². The Kier molecular flexibility index (Phi) is 7.44. The van der Waals surface area contributed by atoms with E-state index in [-0.39, 0.29) is 5.91 Å². The maximum Gasteiger partial charge on any atom is 0.252 e. The smallest absolute Gasteiger partial charge is 0.252 e. The number of nitrogens with one attached hydrogen (secondary N) is 2. The third kappa shape index (κ3) is 6.39. The Morgan fingerprint density at radius 2 is 1.71 bits per heavy atom. The summed E-state index contributed by atoms with van der Waals surface area (Å²) in [4.78, 5) is 16.5. The fraction of sp³-hybridized carbons (Fsp3) is 0.217. The van der Waals surface area contributed by atoms with Gasteiger partial charge in [-0.2, -0.15) is 0 Å². The highest BCUT2D eigenvalue weighted by Crippen LogP contribution is 2.12. The van der Waals surface area contributed by atoms with E-state index in [4.69, 9.17) is 11.6 Å². The minimum absolute atomic E-state index is 0.123. The maximum absolute atomic E-state index is 12.4. The molecule has 0 spiro atoms. The minimum atomic E-state index is -0.123. The Labute approximate surface area is 171 Å². The van der Waals surface area contributed by atoms with E-state index in [0.717, 1.165) is 37.1 Å². The van der Waals surface area contributed by atoms with E-state index in [1.165, 1.54) is 5.56 Å². The van der Waals surface area contributed by atoms with Crippen LogP contribution in [-0.2, 0) is 12.8 Å². The van der Waals surface area contributed by atoms with Crippen molar-refractivity contribution in [2.24, 2.45) is 0 Å². The molecular weight excluding hydrogens is 370 g/mol. The molecule has 0 fully saturated rings. The molecule has 2 N–H and O–H groups in total. The lowest BCUT2D eigenvalue weighted by Crippen LogP contribution is -2.25. The Morgan fingerprint density at radius 1 is 0.893 bits per heavy atom. The Morgan fingerprint density at radius 3 is 2.54 bits per heavy atom. The molecule has 2 aromatic carbocycles. The normalized spacial score (nSPS) is 10.5. The number of pyridine rings is 1. The van der Waals surface area contributed by atoms with E-state index in [1.54, 1.807) is 12.4 Å². The first-order valence-electron chi connectivity index (χ1n) is 9.46. The summed E-state index contributed by atoms with van der Waals surface area (Å²) in [6.07, 6.45) is 6.09. The zero-order valence-corrected chi connectivity index (χ0v) is 16.5. The first kappa shape index (κ1) is 19.9. The van der Waals surface area contributed by atoms with Crippen LogP contribution in [0.15, 0.2) is 73.1 Å². The van der Waals surface area contributed by atoms with Gasteiger partial charge in [0.15, 0.2) is 0 Å². The second kappa shape index (κ2) is 10.5. The highest BCUT2D eigenvalue weighted by molar-refractivity contribution is 6.30. The Hall–Kier alpha value is -2.85. The summed E-state index contributed by atoms with van der Waals surface area (Å²) in [5.41, 5.74) is 3.84. The van der Waals surface area contributed by atoms with Crippen molar-refractivity contribution in [3.8, 4) is 0 Å². The fourth-order valence-electron chi connectivity index (χ4n) is 2.95. The molecule has 5 heteroatoms. The highest BCUT2D eigenvalue weighted by atomic mass is 35.5. The zero-order chi connectivity index (χ0) is 19.6. The number of aromatic nitrogens is 1. The van der Waals surface area contributed by atoms with Gasteiger partial charge in [0.25, 0.3) is 5.91 Å². The summed E-state index contributed by atoms with van der Waals surface area (Å²) in [5.74, 6) is -0.123. The molecule has 1 heterocycles. The Balaban J connectivity index is 1.43. The molecule has 0 bridgehead atoms. The van der Waals surface area contributed by atoms with E-state index in [9.17, 15) is 4.79 Å². The number of nitrogens with zero attached hydrogens (tertiary/aromatic N) is 1. The molecule has 144 valence electrons. The van der Waals surface area contributed by atoms with Gasteiger partial charge in [-0.1, -0.05) is 54.1 Å². The molecule has 4 nitrogen and oxygen atoms in total. The fourth-order valence-corrected chi connectivity index (χ4v) is 3.16. The molecule has 0 aliphatic carbocycles. The second-order valence-corrected chi connectivity index (χ2v) is 7.05. The van der Waals surface area contributed by atoms with Crippen molar-refractivity contribution < 1.29 is 4.79 Å². The Bertz CT molecular complexity index is 899. The molecule has 0 aliphatic rings. The average molecular weight is 394 g/mol. The molecular formula is C23H24ClN3O. The SMILES string of the molecule is O=C(NCCc1cccc(Cl)c1)c1cncc(NCCCc2ccccc2)c1. The maximum atomic E-state index is 12.4. The number of rotatable bonds is 9. The molecule has 0 aliphatic heterocycles. The second-order valence-electron chi connectivity index (χ2n) is 6.61. The number of halogens is 1. The molecule has 28 heavy (non-hydrogen) atoms. The van der Waals surface area contributed by atoms with Crippen molar-refractivity contribution in [1.82, 2.24) is 10.3 Å². The molecule has 1 aromatic heterocycles. The lowest BCUT2D eigenvalue weighted by molar-refractivity contribution is 0.0954. The lowest BCUT2D eigenvalue weighted by atomic mass is 10.1. The molecule has 0 unspecified atom stereocenters. The van der Waals surface area contributed by atoms with E-state index in [0.29, 0.717) is 17.1 Å². The molecule has 0 atom stereocenters. The van der Waals surface area contributed by atoms with Gasteiger partial charge in [-0.05, 0) is 48.6 Å². The highest BCUT2D eigenvalue weighted by Gasteiger charge is 2.07. The summed E-state index contributed by atoms with van der Waals surface area (Å²) in [6, 6.07) is 19.9. The van der Waals surface area contributed by atoms with Gasteiger partial charge in [0, 0.05) is 30.5 Å². The van der Waals surface area contributed by atoms with Gasteiger partial charge in [-0.3, -0.25) is 9.78 Å². The predicted octanol–water partition coefficient (Wildman–Crippen LogP) is 4.75. The summed E-state index contributed by atoms with van der Waals surface area (Å²) < 4.78 is 0. The molecule has 1 amide bonds. The van der Waals surface area contributed by atoms with Crippen molar-refractivity contribution in [2.45, 2.75) is 19.3 Å². The third-order valence-electron chi connectivity index (χ3n) is 4.40. The van der Waals surface area contributed by atoms with Crippen molar-refractivity contribution in [3.63, 3.8) is 0 Å². The van der Waals surface area contributed by atoms with Crippen molar-refractivity contribution in [2.75, 3.05) is 18.4 Å². The zero-order valence-electron chi connectivity index (χ0n) is 15.7. The van der Waals surface area contributed by atoms with Crippen LogP contribution < -0.4 is 10.6 Å². The van der Waals surface area contributed by atoms with Gasteiger partial charge in [0.2, 0.25) is 0 Å². The van der Waals surface area contributed by atoms with Crippen LogP contribution in [0.4, 0.5) is 5.69 Å². The number of hydrogen-bond acceptors (Lipinski definition) is 3.